The van der Waals surface area contributed by atoms with Gasteiger partial charge in [-0.2, -0.15) is 0 Å². The van der Waals surface area contributed by atoms with E-state index in [1.807, 2.05) is 12.1 Å². The second-order valence-corrected chi connectivity index (χ2v) is 6.46. The summed E-state index contributed by atoms with van der Waals surface area (Å²) in [6, 6.07) is 8.31. The molecule has 0 radical (unpaired) electrons. The van der Waals surface area contributed by atoms with Crippen LogP contribution in [-0.4, -0.2) is 24.9 Å². The Hall–Kier alpha value is -0.900. The second kappa shape index (κ2) is 6.70. The van der Waals surface area contributed by atoms with E-state index in [-0.39, 0.29) is 5.41 Å². The molecule has 1 heterocycles. The minimum absolute atomic E-state index is 0.322. The van der Waals surface area contributed by atoms with Crippen LogP contribution in [0.25, 0.3) is 0 Å². The SMILES string of the molecule is CC(C)Cc1ccc(C(O)C2(CN)CCCOC2)cc1. The Morgan fingerprint density at radius 3 is 2.50 bits per heavy atom. The van der Waals surface area contributed by atoms with E-state index in [0.29, 0.717) is 19.1 Å². The molecule has 0 bridgehead atoms. The molecular weight excluding hydrogens is 250 g/mol. The molecule has 112 valence electrons. The van der Waals surface area contributed by atoms with Gasteiger partial charge in [0.2, 0.25) is 0 Å². The van der Waals surface area contributed by atoms with Crippen molar-refractivity contribution in [1.29, 1.82) is 0 Å². The summed E-state index contributed by atoms with van der Waals surface area (Å²) in [5, 5.41) is 10.7. The van der Waals surface area contributed by atoms with Gasteiger partial charge in [-0.05, 0) is 36.3 Å². The average molecular weight is 277 g/mol. The first-order chi connectivity index (χ1) is 9.57. The molecule has 0 spiro atoms. The van der Waals surface area contributed by atoms with E-state index in [2.05, 4.69) is 26.0 Å². The van der Waals surface area contributed by atoms with Gasteiger partial charge in [0.1, 0.15) is 0 Å². The maximum absolute atomic E-state index is 10.7. The molecular formula is C17H27NO2. The summed E-state index contributed by atoms with van der Waals surface area (Å²) in [5.74, 6) is 0.646. The molecule has 1 aliphatic heterocycles. The van der Waals surface area contributed by atoms with Crippen molar-refractivity contribution in [3.8, 4) is 0 Å². The van der Waals surface area contributed by atoms with Crippen molar-refractivity contribution in [2.75, 3.05) is 19.8 Å². The first-order valence-electron chi connectivity index (χ1n) is 7.62. The minimum Gasteiger partial charge on any atom is -0.388 e. The third-order valence-corrected chi connectivity index (χ3v) is 4.28. The average Bonchev–Trinajstić information content (AvgIpc) is 2.47. The van der Waals surface area contributed by atoms with Crippen LogP contribution in [0.5, 0.6) is 0 Å². The summed E-state index contributed by atoms with van der Waals surface area (Å²) in [5.41, 5.74) is 7.88. The number of rotatable bonds is 5. The lowest BCUT2D eigenvalue weighted by Crippen LogP contribution is -2.43. The summed E-state index contributed by atoms with van der Waals surface area (Å²) < 4.78 is 5.56. The third kappa shape index (κ3) is 3.40. The molecule has 0 saturated carbocycles. The molecule has 0 amide bonds. The van der Waals surface area contributed by atoms with Crippen LogP contribution in [0.3, 0.4) is 0 Å². The van der Waals surface area contributed by atoms with Crippen molar-refractivity contribution in [3.63, 3.8) is 0 Å². The number of benzene rings is 1. The Balaban J connectivity index is 2.13. The van der Waals surface area contributed by atoms with Crippen LogP contribution in [0.4, 0.5) is 0 Å². The van der Waals surface area contributed by atoms with Gasteiger partial charge in [0.25, 0.3) is 0 Å². The molecule has 1 saturated heterocycles. The lowest BCUT2D eigenvalue weighted by Gasteiger charge is -2.40. The van der Waals surface area contributed by atoms with Gasteiger partial charge in [-0.15, -0.1) is 0 Å². The molecule has 1 aromatic rings. The van der Waals surface area contributed by atoms with Crippen molar-refractivity contribution < 1.29 is 9.84 Å². The Morgan fingerprint density at radius 1 is 1.30 bits per heavy atom. The molecule has 0 aliphatic carbocycles. The van der Waals surface area contributed by atoms with Crippen LogP contribution in [0.1, 0.15) is 43.9 Å². The fourth-order valence-electron chi connectivity index (χ4n) is 3.02. The van der Waals surface area contributed by atoms with E-state index < -0.39 is 6.10 Å². The summed E-state index contributed by atoms with van der Waals surface area (Å²) >= 11 is 0. The topological polar surface area (TPSA) is 55.5 Å². The van der Waals surface area contributed by atoms with Crippen molar-refractivity contribution in [2.24, 2.45) is 17.1 Å². The third-order valence-electron chi connectivity index (χ3n) is 4.28. The molecule has 3 N–H and O–H groups in total. The van der Waals surface area contributed by atoms with Gasteiger partial charge in [0, 0.05) is 18.6 Å². The predicted octanol–water partition coefficient (Wildman–Crippen LogP) is 2.67. The first-order valence-corrected chi connectivity index (χ1v) is 7.62. The standard InChI is InChI=1S/C17H27NO2/c1-13(2)10-14-4-6-15(7-5-14)16(19)17(11-18)8-3-9-20-12-17/h4-7,13,16,19H,3,8-12,18H2,1-2H3. The fourth-order valence-corrected chi connectivity index (χ4v) is 3.02. The van der Waals surface area contributed by atoms with Crippen LogP contribution >= 0.6 is 0 Å². The van der Waals surface area contributed by atoms with E-state index in [1.54, 1.807) is 0 Å². The highest BCUT2D eigenvalue weighted by Gasteiger charge is 2.39. The highest BCUT2D eigenvalue weighted by Crippen LogP contribution is 2.40. The zero-order valence-electron chi connectivity index (χ0n) is 12.6. The smallest absolute Gasteiger partial charge is 0.0880 e. The van der Waals surface area contributed by atoms with E-state index in [0.717, 1.165) is 31.4 Å². The predicted molar refractivity (Wildman–Crippen MR) is 81.5 cm³/mol. The summed E-state index contributed by atoms with van der Waals surface area (Å²) in [7, 11) is 0. The number of ether oxygens (including phenoxy) is 1. The van der Waals surface area contributed by atoms with Crippen molar-refractivity contribution >= 4 is 0 Å². The lowest BCUT2D eigenvalue weighted by molar-refractivity contribution is -0.0782. The van der Waals surface area contributed by atoms with Gasteiger partial charge in [0.05, 0.1) is 12.7 Å². The zero-order chi connectivity index (χ0) is 14.6. The van der Waals surface area contributed by atoms with Crippen LogP contribution < -0.4 is 5.73 Å². The maximum atomic E-state index is 10.7. The molecule has 3 nitrogen and oxygen atoms in total. The Morgan fingerprint density at radius 2 is 2.00 bits per heavy atom. The fraction of sp³-hybridized carbons (Fsp3) is 0.647. The largest absolute Gasteiger partial charge is 0.388 e. The zero-order valence-corrected chi connectivity index (χ0v) is 12.6. The summed E-state index contributed by atoms with van der Waals surface area (Å²) in [4.78, 5) is 0. The molecule has 3 heteroatoms. The van der Waals surface area contributed by atoms with E-state index in [1.165, 1.54) is 5.56 Å². The van der Waals surface area contributed by atoms with E-state index in [4.69, 9.17) is 10.5 Å². The van der Waals surface area contributed by atoms with Crippen LogP contribution in [0.2, 0.25) is 0 Å². The Bertz CT molecular complexity index is 408. The van der Waals surface area contributed by atoms with Gasteiger partial charge in [-0.1, -0.05) is 38.1 Å². The molecule has 2 unspecified atom stereocenters. The monoisotopic (exact) mass is 277 g/mol. The molecule has 1 fully saturated rings. The van der Waals surface area contributed by atoms with Gasteiger partial charge in [0.15, 0.2) is 0 Å². The quantitative estimate of drug-likeness (QED) is 0.870. The second-order valence-electron chi connectivity index (χ2n) is 6.46. The number of hydrogen-bond acceptors (Lipinski definition) is 3. The number of hydrogen-bond donors (Lipinski definition) is 2. The molecule has 1 aliphatic rings. The van der Waals surface area contributed by atoms with E-state index in [9.17, 15) is 5.11 Å². The van der Waals surface area contributed by atoms with Crippen molar-refractivity contribution in [1.82, 2.24) is 0 Å². The van der Waals surface area contributed by atoms with Crippen LogP contribution in [-0.2, 0) is 11.2 Å². The molecule has 2 rings (SSSR count). The van der Waals surface area contributed by atoms with Crippen molar-refractivity contribution in [3.05, 3.63) is 35.4 Å². The maximum Gasteiger partial charge on any atom is 0.0880 e. The Labute approximate surface area is 122 Å². The molecule has 20 heavy (non-hydrogen) atoms. The molecule has 2 atom stereocenters. The van der Waals surface area contributed by atoms with Gasteiger partial charge >= 0.3 is 0 Å². The summed E-state index contributed by atoms with van der Waals surface area (Å²) in [6.07, 6.45) is 2.43. The molecule has 0 aromatic heterocycles. The first kappa shape index (κ1) is 15.5. The number of aliphatic hydroxyl groups excluding tert-OH is 1. The summed E-state index contributed by atoms with van der Waals surface area (Å²) in [6.45, 7) is 6.22. The number of aliphatic hydroxyl groups is 1. The van der Waals surface area contributed by atoms with E-state index >= 15 is 0 Å². The minimum atomic E-state index is -0.541. The highest BCUT2D eigenvalue weighted by molar-refractivity contribution is 5.26. The van der Waals surface area contributed by atoms with Crippen LogP contribution in [0, 0.1) is 11.3 Å². The normalized spacial score (nSPS) is 24.9. The van der Waals surface area contributed by atoms with Gasteiger partial charge in [-0.25, -0.2) is 0 Å². The highest BCUT2D eigenvalue weighted by atomic mass is 16.5. The number of nitrogens with two attached hydrogens (primary N) is 1. The lowest BCUT2D eigenvalue weighted by atomic mass is 9.75. The van der Waals surface area contributed by atoms with Gasteiger partial charge in [-0.3, -0.25) is 0 Å². The Kier molecular flexibility index (Phi) is 5.19. The van der Waals surface area contributed by atoms with Crippen LogP contribution in [0.15, 0.2) is 24.3 Å². The van der Waals surface area contributed by atoms with Gasteiger partial charge < -0.3 is 15.6 Å². The molecule has 1 aromatic carbocycles. The van der Waals surface area contributed by atoms with Crippen molar-refractivity contribution in [2.45, 2.75) is 39.2 Å².